The van der Waals surface area contributed by atoms with Gasteiger partial charge in [0.1, 0.15) is 5.01 Å². The molecule has 106 valence electrons. The number of aryl methyl sites for hydroxylation is 1. The van der Waals surface area contributed by atoms with Crippen LogP contribution in [-0.2, 0) is 17.9 Å². The number of thiazole rings is 1. The molecule has 0 aliphatic heterocycles. The Morgan fingerprint density at radius 1 is 1.45 bits per heavy atom. The van der Waals surface area contributed by atoms with Crippen LogP contribution < -0.4 is 5.32 Å². The minimum absolute atomic E-state index is 0.572. The van der Waals surface area contributed by atoms with Gasteiger partial charge in [-0.25, -0.2) is 4.98 Å². The molecule has 0 saturated heterocycles. The van der Waals surface area contributed by atoms with Gasteiger partial charge in [0.15, 0.2) is 0 Å². The molecule has 0 bridgehead atoms. The third kappa shape index (κ3) is 3.06. The van der Waals surface area contributed by atoms with Gasteiger partial charge in [-0.1, -0.05) is 0 Å². The lowest BCUT2D eigenvalue weighted by Crippen LogP contribution is -2.15. The number of ether oxygens (including phenoxy) is 1. The average molecular weight is 289 g/mol. The number of hydrogen-bond acceptors (Lipinski definition) is 5. The van der Waals surface area contributed by atoms with Crippen molar-refractivity contribution in [1.82, 2.24) is 15.3 Å². The van der Waals surface area contributed by atoms with E-state index in [4.69, 9.17) is 9.72 Å². The molecule has 1 aliphatic carbocycles. The van der Waals surface area contributed by atoms with Gasteiger partial charge in [-0.05, 0) is 31.4 Å². The second-order valence-electron chi connectivity index (χ2n) is 5.17. The molecule has 0 spiro atoms. The first-order chi connectivity index (χ1) is 9.78. The summed E-state index contributed by atoms with van der Waals surface area (Å²) in [4.78, 5) is 10.2. The van der Waals surface area contributed by atoms with E-state index in [1.54, 1.807) is 18.4 Å². The zero-order valence-electron chi connectivity index (χ0n) is 11.8. The van der Waals surface area contributed by atoms with Gasteiger partial charge in [0, 0.05) is 42.5 Å². The Balaban J connectivity index is 1.87. The smallest absolute Gasteiger partial charge is 0.124 e. The van der Waals surface area contributed by atoms with E-state index < -0.39 is 0 Å². The van der Waals surface area contributed by atoms with Crippen molar-refractivity contribution in [2.75, 3.05) is 7.11 Å². The largest absolute Gasteiger partial charge is 0.378 e. The van der Waals surface area contributed by atoms with E-state index in [2.05, 4.69) is 17.2 Å². The van der Waals surface area contributed by atoms with Crippen molar-refractivity contribution >= 4 is 11.3 Å². The summed E-state index contributed by atoms with van der Waals surface area (Å²) in [7, 11) is 1.72. The molecule has 1 N–H and O–H groups in total. The first-order valence-corrected chi connectivity index (χ1v) is 7.71. The van der Waals surface area contributed by atoms with Crippen LogP contribution in [0.5, 0.6) is 0 Å². The summed E-state index contributed by atoms with van der Waals surface area (Å²) in [5, 5.41) is 4.61. The Hall–Kier alpha value is -1.30. The van der Waals surface area contributed by atoms with Gasteiger partial charge in [-0.15, -0.1) is 11.3 Å². The van der Waals surface area contributed by atoms with Crippen molar-refractivity contribution in [2.45, 2.75) is 39.0 Å². The summed E-state index contributed by atoms with van der Waals surface area (Å²) < 4.78 is 5.27. The minimum atomic E-state index is 0.572. The zero-order valence-corrected chi connectivity index (χ0v) is 12.7. The van der Waals surface area contributed by atoms with Gasteiger partial charge in [-0.2, -0.15) is 0 Å². The van der Waals surface area contributed by atoms with Crippen LogP contribution in [0.15, 0.2) is 18.5 Å². The molecule has 0 unspecified atom stereocenters. The van der Waals surface area contributed by atoms with Gasteiger partial charge in [0.25, 0.3) is 0 Å². The van der Waals surface area contributed by atoms with Gasteiger partial charge < -0.3 is 10.1 Å². The molecule has 4 nitrogen and oxygen atoms in total. The monoisotopic (exact) mass is 289 g/mol. The number of hydrogen-bond donors (Lipinski definition) is 1. The van der Waals surface area contributed by atoms with Crippen molar-refractivity contribution in [3.8, 4) is 10.6 Å². The first kappa shape index (κ1) is 13.7. The highest BCUT2D eigenvalue weighted by Gasteiger charge is 2.22. The lowest BCUT2D eigenvalue weighted by atomic mass is 10.2. The molecule has 1 fully saturated rings. The van der Waals surface area contributed by atoms with Crippen molar-refractivity contribution in [3.63, 3.8) is 0 Å². The molecule has 1 saturated carbocycles. The third-order valence-electron chi connectivity index (χ3n) is 3.44. The van der Waals surface area contributed by atoms with Crippen molar-refractivity contribution in [1.29, 1.82) is 0 Å². The van der Waals surface area contributed by atoms with E-state index in [0.717, 1.165) is 22.8 Å². The molecule has 2 aromatic rings. The molecule has 5 heteroatoms. The first-order valence-electron chi connectivity index (χ1n) is 6.90. The Morgan fingerprint density at radius 2 is 2.30 bits per heavy atom. The average Bonchev–Trinajstić information content (AvgIpc) is 3.19. The lowest BCUT2D eigenvalue weighted by molar-refractivity contribution is 0.181. The molecule has 0 radical (unpaired) electrons. The summed E-state index contributed by atoms with van der Waals surface area (Å²) in [5.41, 5.74) is 3.38. The van der Waals surface area contributed by atoms with Crippen molar-refractivity contribution in [2.24, 2.45) is 0 Å². The fourth-order valence-electron chi connectivity index (χ4n) is 2.12. The Kier molecular flexibility index (Phi) is 4.10. The Bertz CT molecular complexity index is 593. The predicted molar refractivity (Wildman–Crippen MR) is 80.7 cm³/mol. The molecule has 2 aromatic heterocycles. The highest BCUT2D eigenvalue weighted by Crippen LogP contribution is 2.31. The van der Waals surface area contributed by atoms with E-state index in [1.165, 1.54) is 23.3 Å². The highest BCUT2D eigenvalue weighted by atomic mass is 32.1. The van der Waals surface area contributed by atoms with Crippen LogP contribution in [0.2, 0.25) is 0 Å². The fourth-order valence-corrected chi connectivity index (χ4v) is 3.23. The number of aromatic nitrogens is 2. The minimum Gasteiger partial charge on any atom is -0.378 e. The predicted octanol–water partition coefficient (Wildman–Crippen LogP) is 2.91. The molecular weight excluding hydrogens is 270 g/mol. The van der Waals surface area contributed by atoms with Gasteiger partial charge >= 0.3 is 0 Å². The molecule has 1 aliphatic rings. The number of nitrogens with zero attached hydrogens (tertiary/aromatic N) is 2. The standard InChI is InChI=1S/C15H19N3OS/c1-10-7-16-6-5-12(10)15-18-13(9-19-2)14(20-15)8-17-11-3-4-11/h5-7,11,17H,3-4,8-9H2,1-2H3. The number of rotatable bonds is 6. The van der Waals surface area contributed by atoms with Gasteiger partial charge in [0.2, 0.25) is 0 Å². The summed E-state index contributed by atoms with van der Waals surface area (Å²) >= 11 is 1.76. The topological polar surface area (TPSA) is 47.0 Å². The van der Waals surface area contributed by atoms with Gasteiger partial charge in [-0.3, -0.25) is 4.98 Å². The maximum absolute atomic E-state index is 5.27. The van der Waals surface area contributed by atoms with Crippen LogP contribution in [0.3, 0.4) is 0 Å². The van der Waals surface area contributed by atoms with Crippen molar-refractivity contribution < 1.29 is 4.74 Å². The summed E-state index contributed by atoms with van der Waals surface area (Å²) in [6.07, 6.45) is 6.31. The fraction of sp³-hybridized carbons (Fsp3) is 0.467. The number of pyridine rings is 1. The molecular formula is C15H19N3OS. The van der Waals surface area contributed by atoms with Crippen LogP contribution >= 0.6 is 11.3 Å². The maximum atomic E-state index is 5.27. The third-order valence-corrected chi connectivity index (χ3v) is 4.57. The summed E-state index contributed by atoms with van der Waals surface area (Å²) in [6.45, 7) is 3.54. The Labute approximate surface area is 123 Å². The molecule has 0 atom stereocenters. The second-order valence-corrected chi connectivity index (χ2v) is 6.25. The quantitative estimate of drug-likeness (QED) is 0.888. The molecule has 2 heterocycles. The molecule has 0 amide bonds. The van der Waals surface area contributed by atoms with Crippen LogP contribution in [-0.4, -0.2) is 23.1 Å². The van der Waals surface area contributed by atoms with Crippen LogP contribution in [0, 0.1) is 6.92 Å². The Morgan fingerprint density at radius 3 is 3.00 bits per heavy atom. The molecule has 3 rings (SSSR count). The number of nitrogens with one attached hydrogen (secondary N) is 1. The summed E-state index contributed by atoms with van der Waals surface area (Å²) in [6, 6.07) is 2.74. The van der Waals surface area contributed by atoms with Crippen LogP contribution in [0.25, 0.3) is 10.6 Å². The zero-order chi connectivity index (χ0) is 13.9. The summed E-state index contributed by atoms with van der Waals surface area (Å²) in [5.74, 6) is 0. The van der Waals surface area contributed by atoms with Gasteiger partial charge in [0.05, 0.1) is 12.3 Å². The molecule has 20 heavy (non-hydrogen) atoms. The van der Waals surface area contributed by atoms with E-state index in [0.29, 0.717) is 12.6 Å². The molecule has 0 aromatic carbocycles. The van der Waals surface area contributed by atoms with Crippen molar-refractivity contribution in [3.05, 3.63) is 34.6 Å². The lowest BCUT2D eigenvalue weighted by Gasteiger charge is -2.02. The highest BCUT2D eigenvalue weighted by molar-refractivity contribution is 7.15. The van der Waals surface area contributed by atoms with E-state index >= 15 is 0 Å². The van der Waals surface area contributed by atoms with E-state index in [-0.39, 0.29) is 0 Å². The normalized spacial score (nSPS) is 14.7. The van der Waals surface area contributed by atoms with Crippen LogP contribution in [0.4, 0.5) is 0 Å². The SMILES string of the molecule is COCc1nc(-c2ccncc2C)sc1CNC1CC1. The van der Waals surface area contributed by atoms with Crippen LogP contribution in [0.1, 0.15) is 29.0 Å². The van der Waals surface area contributed by atoms with E-state index in [9.17, 15) is 0 Å². The van der Waals surface area contributed by atoms with E-state index in [1.807, 2.05) is 18.5 Å². The number of methoxy groups -OCH3 is 1. The maximum Gasteiger partial charge on any atom is 0.124 e. The second kappa shape index (κ2) is 5.99.